The summed E-state index contributed by atoms with van der Waals surface area (Å²) >= 11 is 3.39. The molecule has 2 atom stereocenters. The highest BCUT2D eigenvalue weighted by Crippen LogP contribution is 2.32. The molecule has 4 heteroatoms. The largest absolute Gasteiger partial charge is 0.488 e. The van der Waals surface area contributed by atoms with Crippen molar-refractivity contribution in [2.75, 3.05) is 0 Å². The van der Waals surface area contributed by atoms with Crippen molar-refractivity contribution in [1.82, 2.24) is 0 Å². The Hall–Kier alpha value is -1.03. The first kappa shape index (κ1) is 11.5. The van der Waals surface area contributed by atoms with Crippen molar-refractivity contribution in [1.29, 1.82) is 0 Å². The lowest BCUT2D eigenvalue weighted by Gasteiger charge is -2.18. The molecule has 3 nitrogen and oxygen atoms in total. The van der Waals surface area contributed by atoms with Crippen LogP contribution in [0.3, 0.4) is 0 Å². The van der Waals surface area contributed by atoms with Crippen LogP contribution in [0.25, 0.3) is 0 Å². The molecule has 86 valence electrons. The number of para-hydroxylation sites is 1. The number of hydrogen-bond acceptors (Lipinski definition) is 2. The van der Waals surface area contributed by atoms with Crippen LogP contribution in [0.15, 0.2) is 28.7 Å². The fraction of sp³-hybridized carbons (Fsp3) is 0.417. The summed E-state index contributed by atoms with van der Waals surface area (Å²) in [6, 6.07) is 7.52. The van der Waals surface area contributed by atoms with Crippen LogP contribution < -0.4 is 4.74 Å². The lowest BCUT2D eigenvalue weighted by molar-refractivity contribution is -0.144. The van der Waals surface area contributed by atoms with Crippen molar-refractivity contribution >= 4 is 21.9 Å². The van der Waals surface area contributed by atoms with Crippen LogP contribution in [0.2, 0.25) is 0 Å². The number of hydrogen-bond donors (Lipinski definition) is 1. The number of halogens is 1. The van der Waals surface area contributed by atoms with Gasteiger partial charge in [0.2, 0.25) is 0 Å². The third-order valence-corrected chi connectivity index (χ3v) is 3.54. The Morgan fingerprint density at radius 2 is 2.12 bits per heavy atom. The van der Waals surface area contributed by atoms with Gasteiger partial charge in [0, 0.05) is 0 Å². The van der Waals surface area contributed by atoms with Crippen LogP contribution in [0, 0.1) is 5.92 Å². The Labute approximate surface area is 103 Å². The van der Waals surface area contributed by atoms with Crippen molar-refractivity contribution in [3.8, 4) is 5.75 Å². The second kappa shape index (κ2) is 4.87. The second-order valence-electron chi connectivity index (χ2n) is 3.96. The number of carboxylic acid groups (broad SMARTS) is 1. The fourth-order valence-corrected chi connectivity index (χ4v) is 2.43. The zero-order chi connectivity index (χ0) is 11.5. The number of ether oxygens (including phenoxy) is 1. The van der Waals surface area contributed by atoms with Crippen LogP contribution in [0.5, 0.6) is 5.75 Å². The van der Waals surface area contributed by atoms with Crippen LogP contribution in [0.4, 0.5) is 0 Å². The number of carboxylic acids is 1. The molecule has 2 rings (SSSR count). The van der Waals surface area contributed by atoms with Crippen LogP contribution in [-0.2, 0) is 4.79 Å². The molecule has 1 N–H and O–H groups in total. The molecule has 1 aliphatic carbocycles. The summed E-state index contributed by atoms with van der Waals surface area (Å²) < 4.78 is 6.62. The molecule has 0 amide bonds. The van der Waals surface area contributed by atoms with E-state index < -0.39 is 5.97 Å². The van der Waals surface area contributed by atoms with Gasteiger partial charge in [0.05, 0.1) is 10.4 Å². The first-order chi connectivity index (χ1) is 7.68. The average Bonchev–Trinajstić information content (AvgIpc) is 2.69. The second-order valence-corrected chi connectivity index (χ2v) is 4.82. The quantitative estimate of drug-likeness (QED) is 0.928. The molecule has 1 aromatic carbocycles. The summed E-state index contributed by atoms with van der Waals surface area (Å²) in [5.41, 5.74) is 0. The van der Waals surface area contributed by atoms with E-state index in [0.717, 1.165) is 23.1 Å². The van der Waals surface area contributed by atoms with Gasteiger partial charge < -0.3 is 9.84 Å². The fourth-order valence-electron chi connectivity index (χ4n) is 2.05. The van der Waals surface area contributed by atoms with E-state index in [0.29, 0.717) is 6.42 Å². The van der Waals surface area contributed by atoms with E-state index in [9.17, 15) is 4.79 Å². The topological polar surface area (TPSA) is 46.5 Å². The first-order valence-corrected chi connectivity index (χ1v) is 6.12. The first-order valence-electron chi connectivity index (χ1n) is 5.32. The Morgan fingerprint density at radius 3 is 2.81 bits per heavy atom. The minimum absolute atomic E-state index is 0.198. The van der Waals surface area contributed by atoms with Gasteiger partial charge in [-0.2, -0.15) is 0 Å². The molecule has 2 unspecified atom stereocenters. The van der Waals surface area contributed by atoms with Gasteiger partial charge in [-0.15, -0.1) is 0 Å². The minimum Gasteiger partial charge on any atom is -0.488 e. The molecule has 16 heavy (non-hydrogen) atoms. The van der Waals surface area contributed by atoms with Gasteiger partial charge in [0.1, 0.15) is 11.9 Å². The van der Waals surface area contributed by atoms with Gasteiger partial charge >= 0.3 is 5.97 Å². The summed E-state index contributed by atoms with van der Waals surface area (Å²) in [5, 5.41) is 9.04. The number of rotatable bonds is 3. The van der Waals surface area contributed by atoms with E-state index in [-0.39, 0.29) is 12.0 Å². The lowest BCUT2D eigenvalue weighted by Crippen LogP contribution is -2.27. The van der Waals surface area contributed by atoms with Gasteiger partial charge in [0.25, 0.3) is 0 Å². The van der Waals surface area contributed by atoms with Crippen molar-refractivity contribution in [3.63, 3.8) is 0 Å². The molecule has 0 spiro atoms. The zero-order valence-corrected chi connectivity index (χ0v) is 10.3. The Bertz CT molecular complexity index is 392. The van der Waals surface area contributed by atoms with Gasteiger partial charge in [-0.3, -0.25) is 4.79 Å². The summed E-state index contributed by atoms with van der Waals surface area (Å²) in [6.45, 7) is 0. The van der Waals surface area contributed by atoms with Crippen molar-refractivity contribution in [3.05, 3.63) is 28.7 Å². The minimum atomic E-state index is -0.755. The molecule has 0 aliphatic heterocycles. The van der Waals surface area contributed by atoms with E-state index in [2.05, 4.69) is 15.9 Å². The summed E-state index contributed by atoms with van der Waals surface area (Å²) in [5.74, 6) is -0.401. The lowest BCUT2D eigenvalue weighted by atomic mass is 10.1. The normalized spacial score (nSPS) is 24.3. The van der Waals surface area contributed by atoms with Crippen molar-refractivity contribution in [2.45, 2.75) is 25.4 Å². The van der Waals surface area contributed by atoms with E-state index >= 15 is 0 Å². The van der Waals surface area contributed by atoms with Crippen molar-refractivity contribution in [2.24, 2.45) is 5.92 Å². The van der Waals surface area contributed by atoms with Crippen molar-refractivity contribution < 1.29 is 14.6 Å². The Balaban J connectivity index is 2.10. The molecule has 1 fully saturated rings. The number of aliphatic carboxylic acids is 1. The third-order valence-electron chi connectivity index (χ3n) is 2.88. The molecule has 0 heterocycles. The predicted molar refractivity (Wildman–Crippen MR) is 63.5 cm³/mol. The maximum atomic E-state index is 11.0. The molecule has 1 aromatic rings. The van der Waals surface area contributed by atoms with E-state index in [1.54, 1.807) is 0 Å². The number of benzene rings is 1. The molecule has 1 saturated carbocycles. The third kappa shape index (κ3) is 2.38. The molecule has 1 aliphatic rings. The Morgan fingerprint density at radius 1 is 1.38 bits per heavy atom. The monoisotopic (exact) mass is 284 g/mol. The smallest absolute Gasteiger partial charge is 0.310 e. The molecule has 0 bridgehead atoms. The predicted octanol–water partition coefficient (Wildman–Crippen LogP) is 3.08. The van der Waals surface area contributed by atoms with E-state index in [1.165, 1.54) is 0 Å². The van der Waals surface area contributed by atoms with Crippen LogP contribution in [-0.4, -0.2) is 17.2 Å². The molecular formula is C12H13BrO3. The maximum Gasteiger partial charge on any atom is 0.310 e. The highest BCUT2D eigenvalue weighted by atomic mass is 79.9. The van der Waals surface area contributed by atoms with Gasteiger partial charge in [-0.05, 0) is 47.3 Å². The summed E-state index contributed by atoms with van der Waals surface area (Å²) in [6.07, 6.45) is 2.26. The van der Waals surface area contributed by atoms with Gasteiger partial charge in [-0.25, -0.2) is 0 Å². The summed E-state index contributed by atoms with van der Waals surface area (Å²) in [7, 11) is 0. The van der Waals surface area contributed by atoms with E-state index in [4.69, 9.17) is 9.84 Å². The van der Waals surface area contributed by atoms with E-state index in [1.807, 2.05) is 24.3 Å². The number of carbonyl (C=O) groups is 1. The van der Waals surface area contributed by atoms with Gasteiger partial charge in [-0.1, -0.05) is 12.1 Å². The summed E-state index contributed by atoms with van der Waals surface area (Å²) in [4.78, 5) is 11.0. The maximum absolute atomic E-state index is 11.0. The highest BCUT2D eigenvalue weighted by Gasteiger charge is 2.34. The standard InChI is InChI=1S/C12H13BrO3/c13-9-5-1-2-6-11(9)16-10-7-3-4-8(10)12(14)15/h1-2,5-6,8,10H,3-4,7H2,(H,14,15). The SMILES string of the molecule is O=C(O)C1CCCC1Oc1ccccc1Br. The zero-order valence-electron chi connectivity index (χ0n) is 8.73. The molecular weight excluding hydrogens is 272 g/mol. The Kier molecular flexibility index (Phi) is 3.49. The van der Waals surface area contributed by atoms with Crippen LogP contribution in [0.1, 0.15) is 19.3 Å². The highest BCUT2D eigenvalue weighted by molar-refractivity contribution is 9.10. The molecule has 0 radical (unpaired) electrons. The van der Waals surface area contributed by atoms with Crippen LogP contribution >= 0.6 is 15.9 Å². The average molecular weight is 285 g/mol. The molecule has 0 saturated heterocycles. The molecule has 0 aromatic heterocycles. The van der Waals surface area contributed by atoms with Gasteiger partial charge in [0.15, 0.2) is 0 Å².